The number of hydrogen-bond donors (Lipinski definition) is 1. The molecule has 0 aliphatic rings. The summed E-state index contributed by atoms with van der Waals surface area (Å²) in [6, 6.07) is 3.21. The van der Waals surface area contributed by atoms with Crippen molar-refractivity contribution in [1.29, 1.82) is 0 Å². The van der Waals surface area contributed by atoms with Crippen molar-refractivity contribution in [1.82, 2.24) is 15.2 Å². The molecule has 0 aliphatic heterocycles. The molecule has 0 saturated heterocycles. The summed E-state index contributed by atoms with van der Waals surface area (Å²) < 4.78 is 0. The van der Waals surface area contributed by atoms with E-state index in [9.17, 15) is 9.59 Å². The Morgan fingerprint density at radius 2 is 2.05 bits per heavy atom. The average Bonchev–Trinajstić information content (AvgIpc) is 2.43. The number of likely N-dealkylation sites (N-methyl/N-ethyl adjacent to an activating group) is 1. The summed E-state index contributed by atoms with van der Waals surface area (Å²) in [6.45, 7) is 4.49. The Morgan fingerprint density at radius 1 is 1.35 bits per heavy atom. The van der Waals surface area contributed by atoms with E-state index in [0.717, 1.165) is 18.5 Å². The molecule has 1 aromatic heterocycles. The lowest BCUT2D eigenvalue weighted by molar-refractivity contribution is -0.128. The summed E-state index contributed by atoms with van der Waals surface area (Å²) in [7, 11) is 1.69. The molecule has 0 unspecified atom stereocenters. The van der Waals surface area contributed by atoms with Crippen molar-refractivity contribution in [2.24, 2.45) is 0 Å². The topological polar surface area (TPSA) is 62.3 Å². The summed E-state index contributed by atoms with van der Waals surface area (Å²) in [4.78, 5) is 29.3. The van der Waals surface area contributed by atoms with Crippen molar-refractivity contribution in [2.75, 3.05) is 20.1 Å². The van der Waals surface area contributed by atoms with Gasteiger partial charge in [-0.05, 0) is 25.5 Å². The maximum atomic E-state index is 12.0. The maximum absolute atomic E-state index is 12.0. The van der Waals surface area contributed by atoms with Crippen LogP contribution in [-0.4, -0.2) is 41.8 Å². The highest BCUT2D eigenvalue weighted by Crippen LogP contribution is 2.12. The molecule has 1 rings (SSSR count). The number of halogens is 1. The lowest BCUT2D eigenvalue weighted by Gasteiger charge is -2.14. The predicted molar refractivity (Wildman–Crippen MR) is 78.9 cm³/mol. The van der Waals surface area contributed by atoms with Gasteiger partial charge < -0.3 is 10.2 Å². The number of amides is 2. The molecule has 0 spiro atoms. The van der Waals surface area contributed by atoms with E-state index < -0.39 is 0 Å². The van der Waals surface area contributed by atoms with Crippen molar-refractivity contribution in [3.8, 4) is 0 Å². The Hall–Kier alpha value is -1.62. The molecule has 0 aromatic carbocycles. The lowest BCUT2D eigenvalue weighted by atomic mass is 10.1. The summed E-state index contributed by atoms with van der Waals surface area (Å²) in [5, 5.41) is 2.88. The Labute approximate surface area is 124 Å². The molecule has 6 heteroatoms. The molecule has 5 nitrogen and oxygen atoms in total. The summed E-state index contributed by atoms with van der Waals surface area (Å²) >= 11 is 5.90. The minimum Gasteiger partial charge on any atom is -0.345 e. The fourth-order valence-electron chi connectivity index (χ4n) is 1.64. The number of carbonyl (C=O) groups excluding carboxylic acids is 2. The van der Waals surface area contributed by atoms with Crippen molar-refractivity contribution in [3.63, 3.8) is 0 Å². The minimum absolute atomic E-state index is 0.0216. The highest BCUT2D eigenvalue weighted by molar-refractivity contribution is 6.29. The number of aromatic nitrogens is 1. The highest BCUT2D eigenvalue weighted by atomic mass is 35.5. The number of aryl methyl sites for hydroxylation is 1. The quantitative estimate of drug-likeness (QED) is 0.816. The van der Waals surface area contributed by atoms with Crippen LogP contribution in [0.15, 0.2) is 12.1 Å². The van der Waals surface area contributed by atoms with Crippen LogP contribution < -0.4 is 5.32 Å². The molecule has 0 bridgehead atoms. The minimum atomic E-state index is -0.315. The number of rotatable bonds is 6. The SMILES string of the molecule is CCCc1cc(C(=O)NCC(=O)N(C)CC)cc(Cl)n1. The van der Waals surface area contributed by atoms with Gasteiger partial charge in [0.2, 0.25) is 5.91 Å². The Morgan fingerprint density at radius 3 is 2.65 bits per heavy atom. The fraction of sp³-hybridized carbons (Fsp3) is 0.500. The van der Waals surface area contributed by atoms with E-state index in [2.05, 4.69) is 10.3 Å². The van der Waals surface area contributed by atoms with Crippen LogP contribution in [-0.2, 0) is 11.2 Å². The molecule has 110 valence electrons. The second kappa shape index (κ2) is 7.85. The molecule has 0 fully saturated rings. The molecule has 0 atom stereocenters. The third-order valence-electron chi connectivity index (χ3n) is 2.92. The summed E-state index contributed by atoms with van der Waals surface area (Å²) in [5.74, 6) is -0.445. The van der Waals surface area contributed by atoms with Gasteiger partial charge in [0.25, 0.3) is 5.91 Å². The van der Waals surface area contributed by atoms with Gasteiger partial charge in [-0.2, -0.15) is 0 Å². The standard InChI is InChI=1S/C14H20ClN3O2/c1-4-6-11-7-10(8-12(15)17-11)14(20)16-9-13(19)18(3)5-2/h7-8H,4-6,9H2,1-3H3,(H,16,20). The molecule has 20 heavy (non-hydrogen) atoms. The van der Waals surface area contributed by atoms with E-state index in [4.69, 9.17) is 11.6 Å². The number of nitrogens with zero attached hydrogens (tertiary/aromatic N) is 2. The third kappa shape index (κ3) is 4.81. The third-order valence-corrected chi connectivity index (χ3v) is 3.11. The van der Waals surface area contributed by atoms with Crippen LogP contribution in [0.4, 0.5) is 0 Å². The zero-order valence-electron chi connectivity index (χ0n) is 12.1. The van der Waals surface area contributed by atoms with E-state index >= 15 is 0 Å². The van der Waals surface area contributed by atoms with Crippen LogP contribution in [0.25, 0.3) is 0 Å². The van der Waals surface area contributed by atoms with Gasteiger partial charge in [-0.3, -0.25) is 9.59 Å². The van der Waals surface area contributed by atoms with Crippen molar-refractivity contribution in [3.05, 3.63) is 28.5 Å². The molecule has 1 heterocycles. The molecular weight excluding hydrogens is 278 g/mol. The van der Waals surface area contributed by atoms with E-state index in [-0.39, 0.29) is 23.5 Å². The molecule has 1 aromatic rings. The first-order valence-electron chi connectivity index (χ1n) is 6.66. The van der Waals surface area contributed by atoms with E-state index in [1.54, 1.807) is 18.0 Å². The van der Waals surface area contributed by atoms with E-state index in [1.165, 1.54) is 6.07 Å². The fourth-order valence-corrected chi connectivity index (χ4v) is 1.86. The second-order valence-electron chi connectivity index (χ2n) is 4.51. The van der Waals surface area contributed by atoms with Gasteiger partial charge in [0.1, 0.15) is 5.15 Å². The number of hydrogen-bond acceptors (Lipinski definition) is 3. The number of nitrogens with one attached hydrogen (secondary N) is 1. The molecule has 0 radical (unpaired) electrons. The van der Waals surface area contributed by atoms with Crippen molar-refractivity contribution < 1.29 is 9.59 Å². The van der Waals surface area contributed by atoms with Crippen LogP contribution in [0.1, 0.15) is 36.3 Å². The second-order valence-corrected chi connectivity index (χ2v) is 4.90. The molecular formula is C14H20ClN3O2. The lowest BCUT2D eigenvalue weighted by Crippen LogP contribution is -2.38. The van der Waals surface area contributed by atoms with E-state index in [1.807, 2.05) is 13.8 Å². The van der Waals surface area contributed by atoms with Crippen LogP contribution in [0.2, 0.25) is 5.15 Å². The maximum Gasteiger partial charge on any atom is 0.251 e. The van der Waals surface area contributed by atoms with Gasteiger partial charge in [0, 0.05) is 24.8 Å². The number of pyridine rings is 1. The Balaban J connectivity index is 2.70. The van der Waals surface area contributed by atoms with Crippen LogP contribution in [0.5, 0.6) is 0 Å². The van der Waals surface area contributed by atoms with Gasteiger partial charge >= 0.3 is 0 Å². The number of carbonyl (C=O) groups is 2. The first kappa shape index (κ1) is 16.4. The van der Waals surface area contributed by atoms with Crippen molar-refractivity contribution in [2.45, 2.75) is 26.7 Å². The van der Waals surface area contributed by atoms with Gasteiger partial charge in [-0.15, -0.1) is 0 Å². The highest BCUT2D eigenvalue weighted by Gasteiger charge is 2.12. The Bertz CT molecular complexity index is 491. The van der Waals surface area contributed by atoms with Gasteiger partial charge in [0.15, 0.2) is 0 Å². The van der Waals surface area contributed by atoms with Gasteiger partial charge in [0.05, 0.1) is 6.54 Å². The summed E-state index contributed by atoms with van der Waals surface area (Å²) in [5.41, 5.74) is 1.21. The smallest absolute Gasteiger partial charge is 0.251 e. The Kier molecular flexibility index (Phi) is 6.45. The van der Waals surface area contributed by atoms with Crippen LogP contribution in [0, 0.1) is 0 Å². The zero-order chi connectivity index (χ0) is 15.1. The van der Waals surface area contributed by atoms with Gasteiger partial charge in [-0.25, -0.2) is 4.98 Å². The summed E-state index contributed by atoms with van der Waals surface area (Å²) in [6.07, 6.45) is 1.69. The normalized spacial score (nSPS) is 10.2. The molecule has 0 aliphatic carbocycles. The first-order chi connectivity index (χ1) is 9.47. The van der Waals surface area contributed by atoms with Crippen LogP contribution in [0.3, 0.4) is 0 Å². The van der Waals surface area contributed by atoms with Crippen molar-refractivity contribution >= 4 is 23.4 Å². The molecule has 0 saturated carbocycles. The predicted octanol–water partition coefficient (Wildman–Crippen LogP) is 1.90. The first-order valence-corrected chi connectivity index (χ1v) is 7.04. The van der Waals surface area contributed by atoms with Gasteiger partial charge in [-0.1, -0.05) is 24.9 Å². The zero-order valence-corrected chi connectivity index (χ0v) is 12.8. The largest absolute Gasteiger partial charge is 0.345 e. The van der Waals surface area contributed by atoms with Crippen LogP contribution >= 0.6 is 11.6 Å². The average molecular weight is 298 g/mol. The monoisotopic (exact) mass is 297 g/mol. The molecule has 2 amide bonds. The molecule has 1 N–H and O–H groups in total. The van der Waals surface area contributed by atoms with E-state index in [0.29, 0.717) is 12.1 Å².